The second-order valence-corrected chi connectivity index (χ2v) is 18.1. The average molecular weight is 848 g/mol. The van der Waals surface area contributed by atoms with E-state index in [-0.39, 0.29) is 16.5 Å². The topological polar surface area (TPSA) is 91.9 Å². The molecule has 0 saturated heterocycles. The Labute approximate surface area is 361 Å². The Balaban J connectivity index is 0.000000168. The molecule has 9 aromatic rings. The fourth-order valence-corrected chi connectivity index (χ4v) is 8.94. The fraction of sp³-hybridized carbons (Fsp3) is 0.163. The molecular formula is C49H42ClN5O3S2. The normalized spacial score (nSPS) is 11.4. The van der Waals surface area contributed by atoms with Crippen molar-refractivity contribution in [2.75, 3.05) is 0 Å². The number of halogens is 1. The maximum atomic E-state index is 12.4. The SMILES string of the molecule is Cc1ccc(Cn2cnc(=O)c3sc(-c4ccc(C(C)(C)C)cc4)cc32)cc1.O=c1ncn(Cc2ccc(Cl)cc2)c2cc(-c3ccc(OCc4ccccn4)cc3)sc12. The molecule has 0 saturated carbocycles. The molecular weight excluding hydrogens is 806 g/mol. The molecule has 0 spiro atoms. The molecule has 60 heavy (non-hydrogen) atoms. The number of hydrogen-bond donors (Lipinski definition) is 0. The first-order valence-corrected chi connectivity index (χ1v) is 21.5. The minimum Gasteiger partial charge on any atom is -0.487 e. The molecule has 11 heteroatoms. The number of pyridine rings is 1. The Hall–Kier alpha value is -6.20. The first-order valence-electron chi connectivity index (χ1n) is 19.5. The van der Waals surface area contributed by atoms with Crippen LogP contribution in [0.2, 0.25) is 5.02 Å². The summed E-state index contributed by atoms with van der Waals surface area (Å²) in [6.07, 6.45) is 5.01. The summed E-state index contributed by atoms with van der Waals surface area (Å²) in [6, 6.07) is 42.6. The highest BCUT2D eigenvalue weighted by atomic mass is 35.5. The lowest BCUT2D eigenvalue weighted by atomic mass is 9.86. The van der Waals surface area contributed by atoms with E-state index < -0.39 is 0 Å². The lowest BCUT2D eigenvalue weighted by molar-refractivity contribution is 0.301. The molecule has 0 aliphatic carbocycles. The van der Waals surface area contributed by atoms with Gasteiger partial charge in [-0.25, -0.2) is 0 Å². The number of aromatic nitrogens is 5. The zero-order valence-corrected chi connectivity index (χ0v) is 36.0. The van der Waals surface area contributed by atoms with E-state index in [0.717, 1.165) is 48.9 Å². The number of rotatable bonds is 9. The summed E-state index contributed by atoms with van der Waals surface area (Å²) >= 11 is 8.97. The van der Waals surface area contributed by atoms with Gasteiger partial charge >= 0.3 is 0 Å². The van der Waals surface area contributed by atoms with Crippen LogP contribution >= 0.6 is 34.3 Å². The molecule has 0 amide bonds. The zero-order chi connectivity index (χ0) is 41.8. The van der Waals surface area contributed by atoms with Gasteiger partial charge in [0.1, 0.15) is 21.8 Å². The highest BCUT2D eigenvalue weighted by molar-refractivity contribution is 7.22. The number of benzene rings is 4. The number of thiophene rings is 2. The summed E-state index contributed by atoms with van der Waals surface area (Å²) < 4.78 is 11.2. The van der Waals surface area contributed by atoms with Gasteiger partial charge in [-0.05, 0) is 101 Å². The van der Waals surface area contributed by atoms with Crippen LogP contribution in [0.3, 0.4) is 0 Å². The van der Waals surface area contributed by atoms with Crippen molar-refractivity contribution >= 4 is 54.7 Å². The minimum atomic E-state index is -0.209. The quantitative estimate of drug-likeness (QED) is 0.144. The summed E-state index contributed by atoms with van der Waals surface area (Å²) in [4.78, 5) is 39.3. The summed E-state index contributed by atoms with van der Waals surface area (Å²) in [5.74, 6) is 0.768. The molecule has 0 aliphatic rings. The maximum absolute atomic E-state index is 12.4. The van der Waals surface area contributed by atoms with E-state index in [2.05, 4.69) is 102 Å². The molecule has 4 aromatic carbocycles. The van der Waals surface area contributed by atoms with Gasteiger partial charge in [0.05, 0.1) is 29.4 Å². The first-order chi connectivity index (χ1) is 29.0. The summed E-state index contributed by atoms with van der Waals surface area (Å²) in [6.45, 7) is 10.4. The number of hydrogen-bond acceptors (Lipinski definition) is 8. The van der Waals surface area contributed by atoms with E-state index in [1.54, 1.807) is 18.9 Å². The monoisotopic (exact) mass is 847 g/mol. The molecule has 0 N–H and O–H groups in total. The van der Waals surface area contributed by atoms with Gasteiger partial charge in [-0.3, -0.25) is 14.6 Å². The van der Waals surface area contributed by atoms with Crippen LogP contribution in [0.5, 0.6) is 5.75 Å². The Morgan fingerprint density at radius 1 is 0.633 bits per heavy atom. The molecule has 8 nitrogen and oxygen atoms in total. The molecule has 0 fully saturated rings. The zero-order valence-electron chi connectivity index (χ0n) is 33.6. The Morgan fingerprint density at radius 3 is 1.65 bits per heavy atom. The van der Waals surface area contributed by atoms with Crippen LogP contribution in [0.1, 0.15) is 48.7 Å². The highest BCUT2D eigenvalue weighted by Crippen LogP contribution is 2.35. The standard InChI is InChI=1S/C25H18ClN3O2S.C24H24N2OS/c26-19-8-4-17(5-9-19)14-29-16-28-25(30)24-22(29)13-23(32-24)18-6-10-21(11-7-18)31-15-20-3-1-2-12-27-20;1-16-5-7-17(8-6-16)14-26-15-25-23(27)22-20(26)13-21(28-22)18-9-11-19(12-10-18)24(2,3)4/h1-13,16H,14-15H2;5-13,15H,14H2,1-4H3. The average Bonchev–Trinajstić information content (AvgIpc) is 3.92. The first kappa shape index (κ1) is 40.6. The number of nitrogens with zero attached hydrogens (tertiary/aromatic N) is 5. The Kier molecular flexibility index (Phi) is 11.9. The van der Waals surface area contributed by atoms with E-state index >= 15 is 0 Å². The third kappa shape index (κ3) is 9.47. The van der Waals surface area contributed by atoms with Crippen molar-refractivity contribution in [1.82, 2.24) is 24.1 Å². The lowest BCUT2D eigenvalue weighted by Crippen LogP contribution is -2.11. The molecule has 9 rings (SSSR count). The molecule has 5 aromatic heterocycles. The van der Waals surface area contributed by atoms with E-state index in [9.17, 15) is 9.59 Å². The van der Waals surface area contributed by atoms with Gasteiger partial charge in [0.25, 0.3) is 11.1 Å². The predicted molar refractivity (Wildman–Crippen MR) is 247 cm³/mol. The van der Waals surface area contributed by atoms with Crippen molar-refractivity contribution in [3.05, 3.63) is 200 Å². The van der Waals surface area contributed by atoms with E-state index in [0.29, 0.717) is 34.1 Å². The van der Waals surface area contributed by atoms with Crippen molar-refractivity contribution in [3.63, 3.8) is 0 Å². The van der Waals surface area contributed by atoms with E-state index in [1.807, 2.05) is 77.4 Å². The third-order valence-electron chi connectivity index (χ3n) is 10.1. The minimum absolute atomic E-state index is 0.127. The van der Waals surface area contributed by atoms with Gasteiger partial charge in [-0.15, -0.1) is 22.7 Å². The van der Waals surface area contributed by atoms with Crippen LogP contribution in [0, 0.1) is 6.92 Å². The molecule has 0 atom stereocenters. The van der Waals surface area contributed by atoms with Crippen molar-refractivity contribution < 1.29 is 4.74 Å². The van der Waals surface area contributed by atoms with Crippen LogP contribution in [0.15, 0.2) is 156 Å². The van der Waals surface area contributed by atoms with Crippen LogP contribution in [0.4, 0.5) is 0 Å². The largest absolute Gasteiger partial charge is 0.487 e. The molecule has 0 aliphatic heterocycles. The number of ether oxygens (including phenoxy) is 1. The number of aryl methyl sites for hydroxylation is 1. The molecule has 0 unspecified atom stereocenters. The van der Waals surface area contributed by atoms with Crippen LogP contribution in [0.25, 0.3) is 41.3 Å². The molecule has 0 bridgehead atoms. The van der Waals surface area contributed by atoms with Crippen molar-refractivity contribution in [1.29, 1.82) is 0 Å². The summed E-state index contributed by atoms with van der Waals surface area (Å²) in [5, 5.41) is 0.696. The molecule has 5 heterocycles. The highest BCUT2D eigenvalue weighted by Gasteiger charge is 2.16. The predicted octanol–water partition coefficient (Wildman–Crippen LogP) is 11.6. The van der Waals surface area contributed by atoms with Gasteiger partial charge in [-0.1, -0.05) is 105 Å². The van der Waals surface area contributed by atoms with Gasteiger partial charge in [0, 0.05) is 34.1 Å². The van der Waals surface area contributed by atoms with Crippen LogP contribution in [-0.4, -0.2) is 24.1 Å². The maximum Gasteiger partial charge on any atom is 0.290 e. The van der Waals surface area contributed by atoms with E-state index in [4.69, 9.17) is 16.3 Å². The Bertz CT molecular complexity index is 3000. The number of fused-ring (bicyclic) bond motifs is 2. The van der Waals surface area contributed by atoms with Crippen LogP contribution < -0.4 is 15.9 Å². The fourth-order valence-electron chi connectivity index (χ4n) is 6.69. The Morgan fingerprint density at radius 2 is 1.15 bits per heavy atom. The van der Waals surface area contributed by atoms with Gasteiger partial charge in [-0.2, -0.15) is 9.97 Å². The van der Waals surface area contributed by atoms with E-state index in [1.165, 1.54) is 39.4 Å². The molecule has 300 valence electrons. The summed E-state index contributed by atoms with van der Waals surface area (Å²) in [7, 11) is 0. The van der Waals surface area contributed by atoms with Crippen molar-refractivity contribution in [2.45, 2.75) is 52.8 Å². The lowest BCUT2D eigenvalue weighted by Gasteiger charge is -2.18. The van der Waals surface area contributed by atoms with Gasteiger partial charge in [0.2, 0.25) is 0 Å². The van der Waals surface area contributed by atoms with Crippen LogP contribution in [-0.2, 0) is 25.1 Å². The van der Waals surface area contributed by atoms with Crippen molar-refractivity contribution in [3.8, 4) is 26.6 Å². The summed E-state index contributed by atoms with van der Waals surface area (Å²) in [5.41, 5.74) is 9.44. The van der Waals surface area contributed by atoms with Gasteiger partial charge in [0.15, 0.2) is 0 Å². The van der Waals surface area contributed by atoms with Gasteiger partial charge < -0.3 is 13.9 Å². The second-order valence-electron chi connectivity index (χ2n) is 15.6. The second kappa shape index (κ2) is 17.6. The molecule has 0 radical (unpaired) electrons. The van der Waals surface area contributed by atoms with Crippen molar-refractivity contribution in [2.24, 2.45) is 0 Å². The third-order valence-corrected chi connectivity index (χ3v) is 12.7. The smallest absolute Gasteiger partial charge is 0.290 e.